The Labute approximate surface area is 145 Å². The van der Waals surface area contributed by atoms with E-state index in [0.29, 0.717) is 11.7 Å². The predicted octanol–water partition coefficient (Wildman–Crippen LogP) is 1.42. The van der Waals surface area contributed by atoms with Gasteiger partial charge in [0.15, 0.2) is 0 Å². The standard InChI is InChI=1S/C18H26O5S/c1-17(2)10-6-7-18(17,13(19)8-10)9-24(21)15-12-5-4-11(23-12)14(15)16(20)22-3/h4-5,10-15,19H,6-9H2,1-3H3/t10-,11+,12-,13-,14+,15-,18-,24?/m1/s1. The molecule has 4 aliphatic rings. The number of hydrogen-bond acceptors (Lipinski definition) is 5. The Morgan fingerprint density at radius 3 is 2.67 bits per heavy atom. The molecule has 2 saturated carbocycles. The van der Waals surface area contributed by atoms with Crippen molar-refractivity contribution in [3.05, 3.63) is 12.2 Å². The minimum Gasteiger partial charge on any atom is -0.469 e. The summed E-state index contributed by atoms with van der Waals surface area (Å²) >= 11 is 0. The third-order valence-corrected chi connectivity index (χ3v) is 9.37. The van der Waals surface area contributed by atoms with Crippen molar-refractivity contribution in [2.45, 2.75) is 56.7 Å². The van der Waals surface area contributed by atoms with Gasteiger partial charge in [-0.1, -0.05) is 26.0 Å². The zero-order valence-electron chi connectivity index (χ0n) is 14.4. The van der Waals surface area contributed by atoms with Crippen molar-refractivity contribution in [1.82, 2.24) is 0 Å². The molecule has 2 heterocycles. The summed E-state index contributed by atoms with van der Waals surface area (Å²) in [6.45, 7) is 4.40. The Morgan fingerprint density at radius 2 is 2.08 bits per heavy atom. The lowest BCUT2D eigenvalue weighted by atomic mass is 9.70. The fourth-order valence-corrected chi connectivity index (χ4v) is 8.18. The van der Waals surface area contributed by atoms with Crippen LogP contribution in [0.1, 0.15) is 33.1 Å². The van der Waals surface area contributed by atoms with E-state index in [0.717, 1.165) is 19.3 Å². The third kappa shape index (κ3) is 1.99. The molecule has 134 valence electrons. The zero-order chi connectivity index (χ0) is 17.3. The topological polar surface area (TPSA) is 72.8 Å². The second kappa shape index (κ2) is 5.39. The first-order valence-corrected chi connectivity index (χ1v) is 10.2. The van der Waals surface area contributed by atoms with Crippen molar-refractivity contribution in [3.63, 3.8) is 0 Å². The number of aliphatic hydroxyl groups is 1. The Balaban J connectivity index is 1.60. The van der Waals surface area contributed by atoms with Gasteiger partial charge in [-0.2, -0.15) is 0 Å². The van der Waals surface area contributed by atoms with Gasteiger partial charge in [-0.3, -0.25) is 9.00 Å². The Morgan fingerprint density at radius 1 is 1.38 bits per heavy atom. The van der Waals surface area contributed by atoms with Gasteiger partial charge in [-0.25, -0.2) is 0 Å². The maximum absolute atomic E-state index is 13.3. The summed E-state index contributed by atoms with van der Waals surface area (Å²) in [7, 11) is 0.109. The van der Waals surface area contributed by atoms with E-state index >= 15 is 0 Å². The molecule has 0 aromatic rings. The lowest BCUT2D eigenvalue weighted by molar-refractivity contribution is -0.146. The van der Waals surface area contributed by atoms with Gasteiger partial charge >= 0.3 is 5.97 Å². The summed E-state index contributed by atoms with van der Waals surface area (Å²) in [5.41, 5.74) is -0.327. The quantitative estimate of drug-likeness (QED) is 0.611. The Hall–Kier alpha value is -0.720. The van der Waals surface area contributed by atoms with Gasteiger partial charge in [0.1, 0.15) is 5.92 Å². The predicted molar refractivity (Wildman–Crippen MR) is 89.7 cm³/mol. The van der Waals surface area contributed by atoms with Crippen LogP contribution in [0.4, 0.5) is 0 Å². The fraction of sp³-hybridized carbons (Fsp3) is 0.833. The highest BCUT2D eigenvalue weighted by atomic mass is 32.2. The molecular weight excluding hydrogens is 328 g/mol. The molecule has 2 aliphatic heterocycles. The molecule has 1 unspecified atom stereocenters. The highest BCUT2D eigenvalue weighted by molar-refractivity contribution is 7.85. The third-order valence-electron chi connectivity index (χ3n) is 7.40. The molecule has 0 aromatic carbocycles. The molecule has 4 rings (SSSR count). The van der Waals surface area contributed by atoms with E-state index in [1.165, 1.54) is 7.11 Å². The van der Waals surface area contributed by atoms with Crippen molar-refractivity contribution in [2.75, 3.05) is 12.9 Å². The monoisotopic (exact) mass is 354 g/mol. The van der Waals surface area contributed by atoms with Gasteiger partial charge in [0, 0.05) is 22.0 Å². The van der Waals surface area contributed by atoms with Crippen LogP contribution in [0.5, 0.6) is 0 Å². The smallest absolute Gasteiger partial charge is 0.312 e. The molecule has 4 bridgehead atoms. The minimum absolute atomic E-state index is 0.0167. The van der Waals surface area contributed by atoms with Crippen molar-refractivity contribution in [3.8, 4) is 0 Å². The van der Waals surface area contributed by atoms with E-state index in [4.69, 9.17) is 9.47 Å². The second-order valence-corrected chi connectivity index (χ2v) is 9.95. The van der Waals surface area contributed by atoms with Gasteiger partial charge in [0.2, 0.25) is 0 Å². The van der Waals surface area contributed by atoms with Gasteiger partial charge in [-0.05, 0) is 30.6 Å². The summed E-state index contributed by atoms with van der Waals surface area (Å²) < 4.78 is 24.0. The normalized spacial score (nSPS) is 48.8. The van der Waals surface area contributed by atoms with Gasteiger partial charge in [-0.15, -0.1) is 0 Å². The molecule has 0 radical (unpaired) electrons. The molecule has 0 spiro atoms. The zero-order valence-corrected chi connectivity index (χ0v) is 15.3. The molecule has 24 heavy (non-hydrogen) atoms. The molecule has 5 nitrogen and oxygen atoms in total. The van der Waals surface area contributed by atoms with E-state index < -0.39 is 22.8 Å². The van der Waals surface area contributed by atoms with Crippen LogP contribution in [0.2, 0.25) is 0 Å². The summed E-state index contributed by atoms with van der Waals surface area (Å²) in [6.07, 6.45) is 5.59. The van der Waals surface area contributed by atoms with Crippen LogP contribution >= 0.6 is 0 Å². The summed E-state index contributed by atoms with van der Waals surface area (Å²) in [6, 6.07) is 0. The summed E-state index contributed by atoms with van der Waals surface area (Å²) in [4.78, 5) is 12.2. The second-order valence-electron chi connectivity index (χ2n) is 8.35. The van der Waals surface area contributed by atoms with Crippen LogP contribution in [-0.4, -0.2) is 51.7 Å². The molecule has 6 heteroatoms. The van der Waals surface area contributed by atoms with Gasteiger partial charge in [0.25, 0.3) is 0 Å². The van der Waals surface area contributed by atoms with E-state index in [1.54, 1.807) is 0 Å². The molecular formula is C18H26O5S. The first-order chi connectivity index (χ1) is 11.3. The molecule has 3 fully saturated rings. The highest BCUT2D eigenvalue weighted by Crippen LogP contribution is 2.66. The van der Waals surface area contributed by atoms with E-state index in [-0.39, 0.29) is 34.3 Å². The van der Waals surface area contributed by atoms with Crippen molar-refractivity contribution in [1.29, 1.82) is 0 Å². The molecule has 1 N–H and O–H groups in total. The minimum atomic E-state index is -1.25. The fourth-order valence-electron chi connectivity index (χ4n) is 5.72. The number of fused-ring (bicyclic) bond motifs is 4. The number of carbonyl (C=O) groups is 1. The van der Waals surface area contributed by atoms with Crippen LogP contribution in [-0.2, 0) is 25.1 Å². The van der Waals surface area contributed by atoms with Gasteiger partial charge < -0.3 is 14.6 Å². The molecule has 2 aliphatic carbocycles. The number of hydrogen-bond donors (Lipinski definition) is 1. The maximum atomic E-state index is 13.3. The largest absolute Gasteiger partial charge is 0.469 e. The van der Waals surface area contributed by atoms with Crippen LogP contribution in [0.25, 0.3) is 0 Å². The average Bonchev–Trinajstić information content (AvgIpc) is 3.25. The number of esters is 1. The lowest BCUT2D eigenvalue weighted by Gasteiger charge is -2.41. The molecule has 0 amide bonds. The molecule has 8 atom stereocenters. The van der Waals surface area contributed by atoms with E-state index in [2.05, 4.69) is 13.8 Å². The van der Waals surface area contributed by atoms with Crippen molar-refractivity contribution >= 4 is 16.8 Å². The van der Waals surface area contributed by atoms with Crippen LogP contribution < -0.4 is 0 Å². The first-order valence-electron chi connectivity index (χ1n) is 8.79. The summed E-state index contributed by atoms with van der Waals surface area (Å²) in [5, 5.41) is 10.3. The number of aliphatic hydroxyl groups excluding tert-OH is 1. The number of methoxy groups -OCH3 is 1. The van der Waals surface area contributed by atoms with E-state index in [1.807, 2.05) is 12.2 Å². The van der Waals surface area contributed by atoms with Crippen LogP contribution in [0.15, 0.2) is 12.2 Å². The SMILES string of the molecule is COC(=O)[C@@H]1[C@H](S(=O)C[C@]23CC[C@H](C[C@H]2O)C3(C)C)[C@H]2C=C[C@@H]1O2. The van der Waals surface area contributed by atoms with Crippen LogP contribution in [0, 0.1) is 22.7 Å². The van der Waals surface area contributed by atoms with Crippen molar-refractivity contribution in [2.24, 2.45) is 22.7 Å². The Kier molecular flexibility index (Phi) is 3.76. The van der Waals surface area contributed by atoms with Crippen molar-refractivity contribution < 1.29 is 23.6 Å². The number of carbonyl (C=O) groups excluding carboxylic acids is 1. The number of rotatable bonds is 4. The number of ether oxygens (including phenoxy) is 2. The Bertz CT molecular complexity index is 615. The summed E-state index contributed by atoms with van der Waals surface area (Å²) in [5.74, 6) is 0.0902. The van der Waals surface area contributed by atoms with Gasteiger partial charge in [0.05, 0.1) is 30.7 Å². The van der Waals surface area contributed by atoms with Crippen LogP contribution in [0.3, 0.4) is 0 Å². The average molecular weight is 354 g/mol. The first kappa shape index (κ1) is 16.7. The molecule has 1 saturated heterocycles. The maximum Gasteiger partial charge on any atom is 0.312 e. The molecule has 0 aromatic heterocycles. The lowest BCUT2D eigenvalue weighted by Crippen LogP contribution is -2.48. The van der Waals surface area contributed by atoms with E-state index in [9.17, 15) is 14.1 Å². The highest BCUT2D eigenvalue weighted by Gasteiger charge is 2.65.